The second-order valence-corrected chi connectivity index (χ2v) is 4.91. The molecule has 0 atom stereocenters. The molecule has 21 heavy (non-hydrogen) atoms. The fourth-order valence-electron chi connectivity index (χ4n) is 2.60. The topological polar surface area (TPSA) is 46.5 Å². The largest absolute Gasteiger partial charge is 0.354 e. The number of rotatable bonds is 2. The third-order valence-electron chi connectivity index (χ3n) is 3.49. The lowest BCUT2D eigenvalue weighted by Gasteiger charge is -2.01. The molecule has 0 bridgehead atoms. The maximum Gasteiger partial charge on any atom is 0.137 e. The average Bonchev–Trinajstić information content (AvgIpc) is 3.04. The predicted molar refractivity (Wildman–Crippen MR) is 74.8 cm³/mol. The number of H-pyrrole nitrogens is 1. The van der Waals surface area contributed by atoms with Gasteiger partial charge in [0.05, 0.1) is 12.1 Å². The van der Waals surface area contributed by atoms with Crippen molar-refractivity contribution in [2.45, 2.75) is 6.54 Å². The zero-order valence-corrected chi connectivity index (χ0v) is 10.8. The summed E-state index contributed by atoms with van der Waals surface area (Å²) in [7, 11) is 0. The van der Waals surface area contributed by atoms with E-state index in [4.69, 9.17) is 0 Å². The maximum atomic E-state index is 13.9. The van der Waals surface area contributed by atoms with Crippen molar-refractivity contribution >= 4 is 21.8 Å². The molecule has 0 saturated heterocycles. The van der Waals surface area contributed by atoms with E-state index in [1.807, 2.05) is 18.2 Å². The molecule has 4 rings (SSSR count). The van der Waals surface area contributed by atoms with E-state index in [1.165, 1.54) is 12.4 Å². The normalized spacial score (nSPS) is 11.5. The summed E-state index contributed by atoms with van der Waals surface area (Å²) >= 11 is 0. The van der Waals surface area contributed by atoms with Crippen LogP contribution in [-0.4, -0.2) is 19.7 Å². The Bertz CT molecular complexity index is 941. The molecule has 4 nitrogen and oxygen atoms in total. The zero-order valence-electron chi connectivity index (χ0n) is 10.8. The number of nitrogens with zero attached hydrogens (tertiary/aromatic N) is 3. The van der Waals surface area contributed by atoms with Crippen molar-refractivity contribution < 1.29 is 8.78 Å². The van der Waals surface area contributed by atoms with Crippen LogP contribution < -0.4 is 0 Å². The smallest absolute Gasteiger partial charge is 0.137 e. The number of aromatic nitrogens is 4. The molecule has 1 N–H and O–H groups in total. The molecule has 0 aliphatic rings. The number of benzene rings is 2. The summed E-state index contributed by atoms with van der Waals surface area (Å²) in [6, 6.07) is 7.85. The van der Waals surface area contributed by atoms with E-state index in [-0.39, 0.29) is 0 Å². The first-order valence-corrected chi connectivity index (χ1v) is 6.42. The summed E-state index contributed by atoms with van der Waals surface area (Å²) in [5.74, 6) is -1.14. The van der Waals surface area contributed by atoms with Crippen LogP contribution in [-0.2, 0) is 6.54 Å². The highest BCUT2D eigenvalue weighted by molar-refractivity contribution is 6.07. The van der Waals surface area contributed by atoms with Gasteiger partial charge in [0, 0.05) is 22.4 Å². The first-order chi connectivity index (χ1) is 10.2. The van der Waals surface area contributed by atoms with Crippen LogP contribution >= 0.6 is 0 Å². The van der Waals surface area contributed by atoms with E-state index in [9.17, 15) is 8.78 Å². The zero-order chi connectivity index (χ0) is 14.4. The second kappa shape index (κ2) is 4.37. The third-order valence-corrected chi connectivity index (χ3v) is 3.49. The van der Waals surface area contributed by atoms with Crippen LogP contribution in [0, 0.1) is 11.6 Å². The number of hydrogen-bond donors (Lipinski definition) is 1. The molecule has 0 amide bonds. The maximum absolute atomic E-state index is 13.9. The highest BCUT2D eigenvalue weighted by atomic mass is 19.1. The van der Waals surface area contributed by atoms with Gasteiger partial charge in [0.15, 0.2) is 0 Å². The number of halogens is 2. The van der Waals surface area contributed by atoms with Crippen molar-refractivity contribution in [2.75, 3.05) is 0 Å². The van der Waals surface area contributed by atoms with E-state index in [2.05, 4.69) is 15.1 Å². The first-order valence-electron chi connectivity index (χ1n) is 6.42. The van der Waals surface area contributed by atoms with Crippen LogP contribution in [0.1, 0.15) is 5.56 Å². The van der Waals surface area contributed by atoms with E-state index in [1.54, 1.807) is 11.0 Å². The molecular formula is C15H10F2N4. The fraction of sp³-hybridized carbons (Fsp3) is 0.0667. The third kappa shape index (κ3) is 1.96. The Morgan fingerprint density at radius 3 is 2.81 bits per heavy atom. The fourth-order valence-corrected chi connectivity index (χ4v) is 2.60. The molecule has 0 spiro atoms. The van der Waals surface area contributed by atoms with Crippen LogP contribution in [0.2, 0.25) is 0 Å². The summed E-state index contributed by atoms with van der Waals surface area (Å²) in [5, 5.41) is 5.20. The molecule has 0 radical (unpaired) electrons. The molecule has 0 aliphatic carbocycles. The molecule has 0 aliphatic heterocycles. The molecular weight excluding hydrogens is 274 g/mol. The van der Waals surface area contributed by atoms with Crippen LogP contribution in [0.25, 0.3) is 21.8 Å². The Balaban J connectivity index is 1.88. The lowest BCUT2D eigenvalue weighted by molar-refractivity contribution is 0.592. The number of fused-ring (bicyclic) bond motifs is 3. The highest BCUT2D eigenvalue weighted by Gasteiger charge is 2.11. The van der Waals surface area contributed by atoms with Gasteiger partial charge in [0.1, 0.15) is 24.3 Å². The molecule has 2 aromatic heterocycles. The Kier molecular flexibility index (Phi) is 2.50. The average molecular weight is 284 g/mol. The summed E-state index contributed by atoms with van der Waals surface area (Å²) in [4.78, 5) is 6.94. The minimum absolute atomic E-state index is 0.415. The molecule has 6 heteroatoms. The van der Waals surface area contributed by atoms with Gasteiger partial charge in [-0.3, -0.25) is 0 Å². The van der Waals surface area contributed by atoms with Gasteiger partial charge in [-0.2, -0.15) is 5.10 Å². The predicted octanol–water partition coefficient (Wildman–Crippen LogP) is 3.24. The molecule has 0 fully saturated rings. The van der Waals surface area contributed by atoms with E-state index < -0.39 is 11.6 Å². The van der Waals surface area contributed by atoms with E-state index >= 15 is 0 Å². The lowest BCUT2D eigenvalue weighted by atomic mass is 10.1. The quantitative estimate of drug-likeness (QED) is 0.614. The molecule has 0 unspecified atom stereocenters. The lowest BCUT2D eigenvalue weighted by Crippen LogP contribution is -1.99. The molecule has 2 heterocycles. The molecule has 0 saturated carbocycles. The SMILES string of the molecule is Fc1cc(F)c2c(c1)[nH]c1cc(Cn3cncn3)ccc12. The second-order valence-electron chi connectivity index (χ2n) is 4.91. The number of hydrogen-bond acceptors (Lipinski definition) is 2. The van der Waals surface area contributed by atoms with Gasteiger partial charge in [-0.25, -0.2) is 18.4 Å². The van der Waals surface area contributed by atoms with Gasteiger partial charge in [-0.15, -0.1) is 0 Å². The van der Waals surface area contributed by atoms with Crippen molar-refractivity contribution in [3.8, 4) is 0 Å². The Hall–Kier alpha value is -2.76. The van der Waals surface area contributed by atoms with Gasteiger partial charge in [-0.1, -0.05) is 12.1 Å². The summed E-state index contributed by atoms with van der Waals surface area (Å²) in [6.45, 7) is 0.572. The molecule has 104 valence electrons. The van der Waals surface area contributed by atoms with Crippen molar-refractivity contribution in [3.63, 3.8) is 0 Å². The minimum Gasteiger partial charge on any atom is -0.354 e. The van der Waals surface area contributed by atoms with Crippen LogP contribution in [0.3, 0.4) is 0 Å². The standard InChI is InChI=1S/C15H10F2N4/c16-10-4-12(17)15-11-2-1-9(6-21-8-18-7-19-21)3-13(11)20-14(15)5-10/h1-5,7-8,20H,6H2. The number of nitrogens with one attached hydrogen (secondary N) is 1. The van der Waals surface area contributed by atoms with Gasteiger partial charge in [-0.05, 0) is 17.7 Å². The van der Waals surface area contributed by atoms with Gasteiger partial charge in [0.25, 0.3) is 0 Å². The van der Waals surface area contributed by atoms with Crippen molar-refractivity contribution in [2.24, 2.45) is 0 Å². The first kappa shape index (κ1) is 12.0. The van der Waals surface area contributed by atoms with Crippen molar-refractivity contribution in [1.82, 2.24) is 19.7 Å². The Morgan fingerprint density at radius 2 is 2.00 bits per heavy atom. The van der Waals surface area contributed by atoms with Crippen LogP contribution in [0.5, 0.6) is 0 Å². The summed E-state index contributed by atoms with van der Waals surface area (Å²) < 4.78 is 28.9. The molecule has 2 aromatic carbocycles. The van der Waals surface area contributed by atoms with E-state index in [0.717, 1.165) is 22.5 Å². The monoisotopic (exact) mass is 284 g/mol. The Morgan fingerprint density at radius 1 is 1.10 bits per heavy atom. The number of aromatic amines is 1. The van der Waals surface area contributed by atoms with Gasteiger partial charge >= 0.3 is 0 Å². The summed E-state index contributed by atoms with van der Waals surface area (Å²) in [6.07, 6.45) is 3.10. The minimum atomic E-state index is -0.589. The summed E-state index contributed by atoms with van der Waals surface area (Å²) in [5.41, 5.74) is 2.23. The van der Waals surface area contributed by atoms with Crippen molar-refractivity contribution in [1.29, 1.82) is 0 Å². The van der Waals surface area contributed by atoms with E-state index in [0.29, 0.717) is 17.4 Å². The molecule has 4 aromatic rings. The van der Waals surface area contributed by atoms with Crippen LogP contribution in [0.15, 0.2) is 43.0 Å². The van der Waals surface area contributed by atoms with Gasteiger partial charge in [0.2, 0.25) is 0 Å². The highest BCUT2D eigenvalue weighted by Crippen LogP contribution is 2.29. The Labute approximate surface area is 118 Å². The van der Waals surface area contributed by atoms with Gasteiger partial charge < -0.3 is 4.98 Å². The van der Waals surface area contributed by atoms with Crippen LogP contribution in [0.4, 0.5) is 8.78 Å². The van der Waals surface area contributed by atoms with Crippen molar-refractivity contribution in [3.05, 3.63) is 60.2 Å².